The Bertz CT molecular complexity index is 664. The molecule has 2 amide bonds. The number of primary amides is 1. The van der Waals surface area contributed by atoms with E-state index < -0.39 is 30.2 Å². The Morgan fingerprint density at radius 3 is 2.81 bits per heavy atom. The highest BCUT2D eigenvalue weighted by atomic mass is 32.1. The predicted molar refractivity (Wildman–Crippen MR) is 72.5 cm³/mol. The molecule has 0 spiro atoms. The zero-order chi connectivity index (χ0) is 15.4. The number of aromatic nitrogens is 1. The van der Waals surface area contributed by atoms with Gasteiger partial charge in [-0.25, -0.2) is 9.78 Å². The molecule has 2 aromatic heterocycles. The van der Waals surface area contributed by atoms with Gasteiger partial charge >= 0.3 is 5.97 Å². The summed E-state index contributed by atoms with van der Waals surface area (Å²) in [5, 5.41) is 13.1. The highest BCUT2D eigenvalue weighted by molar-refractivity contribution is 7.13. The number of nitrogens with one attached hydrogen (secondary N) is 1. The molecule has 2 heterocycles. The lowest BCUT2D eigenvalue weighted by Gasteiger charge is -2.11. The Kier molecular flexibility index (Phi) is 4.33. The molecule has 0 aliphatic rings. The molecule has 0 saturated heterocycles. The average molecular weight is 309 g/mol. The van der Waals surface area contributed by atoms with Crippen molar-refractivity contribution in [1.82, 2.24) is 10.3 Å². The van der Waals surface area contributed by atoms with Crippen LogP contribution in [0, 0.1) is 0 Å². The van der Waals surface area contributed by atoms with Gasteiger partial charge in [-0.1, -0.05) is 0 Å². The molecular formula is C12H11N3O5S. The van der Waals surface area contributed by atoms with E-state index in [1.165, 1.54) is 23.0 Å². The number of carboxylic acid groups (broad SMARTS) is 1. The third kappa shape index (κ3) is 3.66. The number of carboxylic acids is 1. The van der Waals surface area contributed by atoms with Gasteiger partial charge in [0.1, 0.15) is 11.7 Å². The summed E-state index contributed by atoms with van der Waals surface area (Å²) in [5.41, 5.74) is 4.98. The number of furan rings is 1. The minimum Gasteiger partial charge on any atom is -0.480 e. The van der Waals surface area contributed by atoms with Gasteiger partial charge in [0.2, 0.25) is 5.91 Å². The molecule has 4 N–H and O–H groups in total. The van der Waals surface area contributed by atoms with Gasteiger partial charge in [-0.2, -0.15) is 0 Å². The highest BCUT2D eigenvalue weighted by Gasteiger charge is 2.24. The van der Waals surface area contributed by atoms with Crippen LogP contribution in [0.1, 0.15) is 16.9 Å². The van der Waals surface area contributed by atoms with Gasteiger partial charge in [-0.05, 0) is 12.1 Å². The van der Waals surface area contributed by atoms with Crippen molar-refractivity contribution >= 4 is 29.1 Å². The van der Waals surface area contributed by atoms with Crippen LogP contribution < -0.4 is 11.1 Å². The van der Waals surface area contributed by atoms with Crippen molar-refractivity contribution in [2.45, 2.75) is 12.5 Å². The lowest BCUT2D eigenvalue weighted by atomic mass is 10.2. The maximum atomic E-state index is 11.9. The van der Waals surface area contributed by atoms with E-state index in [-0.39, 0.29) is 5.69 Å². The summed E-state index contributed by atoms with van der Waals surface area (Å²) < 4.78 is 5.15. The largest absolute Gasteiger partial charge is 0.480 e. The van der Waals surface area contributed by atoms with E-state index in [1.807, 2.05) is 0 Å². The van der Waals surface area contributed by atoms with Crippen LogP contribution in [0.15, 0.2) is 28.2 Å². The molecular weight excluding hydrogens is 298 g/mol. The molecule has 1 atom stereocenters. The molecule has 0 aliphatic carbocycles. The molecule has 0 fully saturated rings. The quantitative estimate of drug-likeness (QED) is 0.709. The molecule has 0 bridgehead atoms. The molecule has 0 saturated carbocycles. The van der Waals surface area contributed by atoms with Crippen molar-refractivity contribution in [3.63, 3.8) is 0 Å². The standard InChI is InChI=1S/C12H11N3O5S/c13-9(16)4-6(12(18)19)14-10(17)7-5-21-11(15-7)8-2-1-3-20-8/h1-3,5-6H,4H2,(H2,13,16)(H,14,17)(H,18,19)/t6-/m1/s1. The number of hydrogen-bond donors (Lipinski definition) is 3. The second-order valence-electron chi connectivity index (χ2n) is 4.05. The zero-order valence-corrected chi connectivity index (χ0v) is 11.4. The number of thiazole rings is 1. The molecule has 2 aromatic rings. The van der Waals surface area contributed by atoms with E-state index in [1.54, 1.807) is 12.1 Å². The molecule has 0 unspecified atom stereocenters. The molecule has 2 rings (SSSR count). The Morgan fingerprint density at radius 2 is 2.24 bits per heavy atom. The number of rotatable bonds is 6. The monoisotopic (exact) mass is 309 g/mol. The van der Waals surface area contributed by atoms with Crippen LogP contribution in [0.5, 0.6) is 0 Å². The normalized spacial score (nSPS) is 11.8. The maximum absolute atomic E-state index is 11.9. The van der Waals surface area contributed by atoms with Crippen molar-refractivity contribution in [2.24, 2.45) is 5.73 Å². The van der Waals surface area contributed by atoms with Crippen LogP contribution in [0.25, 0.3) is 10.8 Å². The van der Waals surface area contributed by atoms with Crippen molar-refractivity contribution in [2.75, 3.05) is 0 Å². The van der Waals surface area contributed by atoms with Gasteiger partial charge in [0.05, 0.1) is 12.7 Å². The fourth-order valence-electron chi connectivity index (χ4n) is 1.52. The van der Waals surface area contributed by atoms with E-state index >= 15 is 0 Å². The van der Waals surface area contributed by atoms with Crippen molar-refractivity contribution < 1.29 is 23.9 Å². The summed E-state index contributed by atoms with van der Waals surface area (Å²) in [5.74, 6) is -2.36. The Hall–Kier alpha value is -2.68. The lowest BCUT2D eigenvalue weighted by molar-refractivity contribution is -0.140. The van der Waals surface area contributed by atoms with E-state index in [2.05, 4.69) is 10.3 Å². The average Bonchev–Trinajstić information content (AvgIpc) is 3.08. The third-order valence-electron chi connectivity index (χ3n) is 2.48. The fourth-order valence-corrected chi connectivity index (χ4v) is 2.29. The maximum Gasteiger partial charge on any atom is 0.326 e. The van der Waals surface area contributed by atoms with E-state index in [0.29, 0.717) is 10.8 Å². The summed E-state index contributed by atoms with van der Waals surface area (Å²) in [7, 11) is 0. The number of nitrogens with zero attached hydrogens (tertiary/aromatic N) is 1. The van der Waals surface area contributed by atoms with E-state index in [9.17, 15) is 14.4 Å². The van der Waals surface area contributed by atoms with Gasteiger partial charge in [0, 0.05) is 5.38 Å². The number of carbonyl (C=O) groups excluding carboxylic acids is 2. The van der Waals surface area contributed by atoms with Crippen LogP contribution in [0.3, 0.4) is 0 Å². The Balaban J connectivity index is 2.09. The third-order valence-corrected chi connectivity index (χ3v) is 3.33. The minimum absolute atomic E-state index is 0.0436. The van der Waals surface area contributed by atoms with E-state index in [4.69, 9.17) is 15.3 Å². The molecule has 110 valence electrons. The first kappa shape index (κ1) is 14.7. The van der Waals surface area contributed by atoms with Crippen LogP contribution >= 0.6 is 11.3 Å². The summed E-state index contributed by atoms with van der Waals surface area (Å²) in [4.78, 5) is 37.7. The summed E-state index contributed by atoms with van der Waals surface area (Å²) >= 11 is 1.18. The topological polar surface area (TPSA) is 136 Å². The lowest BCUT2D eigenvalue weighted by Crippen LogP contribution is -2.43. The number of amides is 2. The number of nitrogens with two attached hydrogens (primary N) is 1. The number of aliphatic carboxylic acids is 1. The van der Waals surface area contributed by atoms with Crippen LogP contribution in [-0.4, -0.2) is 33.9 Å². The Morgan fingerprint density at radius 1 is 1.48 bits per heavy atom. The first-order chi connectivity index (χ1) is 9.97. The number of hydrogen-bond acceptors (Lipinski definition) is 6. The summed E-state index contributed by atoms with van der Waals surface area (Å²) in [6, 6.07) is 1.99. The first-order valence-corrected chi connectivity index (χ1v) is 6.66. The first-order valence-electron chi connectivity index (χ1n) is 5.78. The van der Waals surface area contributed by atoms with Crippen molar-refractivity contribution in [3.8, 4) is 10.8 Å². The van der Waals surface area contributed by atoms with Gasteiger partial charge in [0.15, 0.2) is 10.8 Å². The fraction of sp³-hybridized carbons (Fsp3) is 0.167. The van der Waals surface area contributed by atoms with Crippen LogP contribution in [0.2, 0.25) is 0 Å². The van der Waals surface area contributed by atoms with Crippen molar-refractivity contribution in [3.05, 3.63) is 29.5 Å². The molecule has 21 heavy (non-hydrogen) atoms. The predicted octanol–water partition coefficient (Wildman–Crippen LogP) is 0.461. The molecule has 0 aliphatic heterocycles. The zero-order valence-electron chi connectivity index (χ0n) is 10.6. The van der Waals surface area contributed by atoms with Gasteiger partial charge in [-0.3, -0.25) is 9.59 Å². The van der Waals surface area contributed by atoms with Gasteiger partial charge < -0.3 is 20.6 Å². The SMILES string of the molecule is NC(=O)C[C@@H](NC(=O)c1csc(-c2ccco2)n1)C(=O)O. The van der Waals surface area contributed by atoms with Crippen LogP contribution in [0.4, 0.5) is 0 Å². The molecule has 8 nitrogen and oxygen atoms in total. The van der Waals surface area contributed by atoms with Gasteiger partial charge in [0.25, 0.3) is 5.91 Å². The van der Waals surface area contributed by atoms with Crippen LogP contribution in [-0.2, 0) is 9.59 Å². The number of carbonyl (C=O) groups is 3. The van der Waals surface area contributed by atoms with Crippen molar-refractivity contribution in [1.29, 1.82) is 0 Å². The smallest absolute Gasteiger partial charge is 0.326 e. The molecule has 9 heteroatoms. The van der Waals surface area contributed by atoms with E-state index in [0.717, 1.165) is 0 Å². The summed E-state index contributed by atoms with van der Waals surface area (Å²) in [6.07, 6.45) is 0.986. The molecule has 0 radical (unpaired) electrons. The van der Waals surface area contributed by atoms with Gasteiger partial charge in [-0.15, -0.1) is 11.3 Å². The minimum atomic E-state index is -1.39. The highest BCUT2D eigenvalue weighted by Crippen LogP contribution is 2.23. The second kappa shape index (κ2) is 6.18. The molecule has 0 aromatic carbocycles. The Labute approximate surface area is 122 Å². The second-order valence-corrected chi connectivity index (χ2v) is 4.91. The summed E-state index contributed by atoms with van der Waals surface area (Å²) in [6.45, 7) is 0.